The van der Waals surface area contributed by atoms with E-state index < -0.39 is 11.6 Å². The van der Waals surface area contributed by atoms with Crippen LogP contribution in [0.3, 0.4) is 0 Å². The van der Waals surface area contributed by atoms with Crippen LogP contribution in [0.5, 0.6) is 5.75 Å². The van der Waals surface area contributed by atoms with Crippen molar-refractivity contribution in [3.8, 4) is 5.75 Å². The van der Waals surface area contributed by atoms with Gasteiger partial charge in [0, 0.05) is 24.7 Å². The van der Waals surface area contributed by atoms with Crippen LogP contribution in [0.2, 0.25) is 0 Å². The molecule has 0 atom stereocenters. The van der Waals surface area contributed by atoms with Gasteiger partial charge in [0.2, 0.25) is 11.6 Å². The Hall–Kier alpha value is -1.14. The van der Waals surface area contributed by atoms with Crippen molar-refractivity contribution < 1.29 is 19.2 Å². The molecule has 5 heteroatoms. The lowest BCUT2D eigenvalue weighted by Crippen LogP contribution is -2.59. The molecule has 1 aliphatic heterocycles. The van der Waals surface area contributed by atoms with Crippen molar-refractivity contribution in [2.75, 3.05) is 20.2 Å². The molecule has 0 unspecified atom stereocenters. The second-order valence-electron chi connectivity index (χ2n) is 10.9. The molecule has 1 heterocycles. The summed E-state index contributed by atoms with van der Waals surface area (Å²) in [4.78, 5) is 12.3. The Morgan fingerprint density at radius 1 is 0.935 bits per heavy atom. The highest BCUT2D eigenvalue weighted by atomic mass is 17.3. The van der Waals surface area contributed by atoms with Gasteiger partial charge in [0.25, 0.3) is 0 Å². The SMILES string of the molecule is CNCCCOc1ccc([C@H]2CC[C@]3(CC2)OO[C@]2(O3)C3CC4CC(C3)CC2C4)cc1. The predicted octanol–water partition coefficient (Wildman–Crippen LogP) is 5.16. The van der Waals surface area contributed by atoms with Crippen molar-refractivity contribution in [3.05, 3.63) is 29.8 Å². The molecule has 5 saturated carbocycles. The van der Waals surface area contributed by atoms with E-state index >= 15 is 0 Å². The first-order chi connectivity index (χ1) is 15.2. The summed E-state index contributed by atoms with van der Waals surface area (Å²) >= 11 is 0. The van der Waals surface area contributed by atoms with Crippen LogP contribution >= 0.6 is 0 Å². The van der Waals surface area contributed by atoms with Crippen molar-refractivity contribution in [1.82, 2.24) is 5.32 Å². The molecule has 170 valence electrons. The number of rotatable bonds is 6. The van der Waals surface area contributed by atoms with E-state index in [1.165, 1.54) is 37.7 Å². The summed E-state index contributed by atoms with van der Waals surface area (Å²) in [5.41, 5.74) is 1.40. The third-order valence-electron chi connectivity index (χ3n) is 8.88. The second kappa shape index (κ2) is 8.02. The lowest BCUT2D eigenvalue weighted by Gasteiger charge is -2.57. The molecule has 1 aromatic rings. The predicted molar refractivity (Wildman–Crippen MR) is 117 cm³/mol. The zero-order valence-corrected chi connectivity index (χ0v) is 18.8. The summed E-state index contributed by atoms with van der Waals surface area (Å²) in [5, 5.41) is 3.15. The highest BCUT2D eigenvalue weighted by Gasteiger charge is 2.66. The molecule has 0 amide bonds. The summed E-state index contributed by atoms with van der Waals surface area (Å²) < 4.78 is 12.7. The molecule has 0 aromatic heterocycles. The number of hydrogen-bond donors (Lipinski definition) is 1. The number of benzene rings is 1. The van der Waals surface area contributed by atoms with Gasteiger partial charge >= 0.3 is 0 Å². The van der Waals surface area contributed by atoms with Crippen LogP contribution < -0.4 is 10.1 Å². The van der Waals surface area contributed by atoms with E-state index in [1.807, 2.05) is 7.05 Å². The third kappa shape index (κ3) is 3.62. The van der Waals surface area contributed by atoms with E-state index in [9.17, 15) is 0 Å². The smallest absolute Gasteiger partial charge is 0.210 e. The van der Waals surface area contributed by atoms with Gasteiger partial charge in [-0.2, -0.15) is 9.78 Å². The van der Waals surface area contributed by atoms with Gasteiger partial charge in [0.05, 0.1) is 6.61 Å². The fourth-order valence-electron chi connectivity index (χ4n) is 7.46. The van der Waals surface area contributed by atoms with E-state index in [0.717, 1.165) is 62.8 Å². The lowest BCUT2D eigenvalue weighted by atomic mass is 9.53. The van der Waals surface area contributed by atoms with Crippen molar-refractivity contribution in [2.24, 2.45) is 23.7 Å². The van der Waals surface area contributed by atoms with Gasteiger partial charge in [-0.05, 0) is 100 Å². The minimum absolute atomic E-state index is 0.438. The average Bonchev–Trinajstić information content (AvgIpc) is 3.16. The summed E-state index contributed by atoms with van der Waals surface area (Å²) in [6.07, 6.45) is 11.6. The largest absolute Gasteiger partial charge is 0.494 e. The molecule has 2 spiro atoms. The Balaban J connectivity index is 1.06. The van der Waals surface area contributed by atoms with E-state index in [0.29, 0.717) is 17.8 Å². The summed E-state index contributed by atoms with van der Waals surface area (Å²) in [7, 11) is 1.97. The van der Waals surface area contributed by atoms with E-state index in [-0.39, 0.29) is 0 Å². The first kappa shape index (κ1) is 20.5. The van der Waals surface area contributed by atoms with Crippen LogP contribution in [0.1, 0.15) is 75.7 Å². The van der Waals surface area contributed by atoms with Crippen LogP contribution in [0.15, 0.2) is 24.3 Å². The highest BCUT2D eigenvalue weighted by molar-refractivity contribution is 5.30. The first-order valence-electron chi connectivity index (χ1n) is 12.6. The number of ether oxygens (including phenoxy) is 2. The molecule has 1 aromatic carbocycles. The van der Waals surface area contributed by atoms with Crippen LogP contribution in [0.4, 0.5) is 0 Å². The van der Waals surface area contributed by atoms with Gasteiger partial charge in [-0.25, -0.2) is 0 Å². The molecule has 1 N–H and O–H groups in total. The highest BCUT2D eigenvalue weighted by Crippen LogP contribution is 2.64. The molecule has 1 saturated heterocycles. The quantitative estimate of drug-likeness (QED) is 0.502. The topological polar surface area (TPSA) is 49.0 Å². The van der Waals surface area contributed by atoms with Gasteiger partial charge in [0.1, 0.15) is 5.75 Å². The molecule has 0 radical (unpaired) electrons. The zero-order valence-electron chi connectivity index (χ0n) is 18.8. The number of hydrogen-bond acceptors (Lipinski definition) is 5. The summed E-state index contributed by atoms with van der Waals surface area (Å²) in [6.45, 7) is 1.74. The molecule has 31 heavy (non-hydrogen) atoms. The second-order valence-corrected chi connectivity index (χ2v) is 10.9. The van der Waals surface area contributed by atoms with Crippen molar-refractivity contribution in [2.45, 2.75) is 81.7 Å². The Morgan fingerprint density at radius 2 is 1.61 bits per heavy atom. The van der Waals surface area contributed by atoms with Crippen LogP contribution in [0, 0.1) is 23.7 Å². The maximum absolute atomic E-state index is 6.85. The molecule has 7 rings (SSSR count). The van der Waals surface area contributed by atoms with E-state index in [2.05, 4.69) is 29.6 Å². The monoisotopic (exact) mass is 427 g/mol. The zero-order chi connectivity index (χ0) is 20.9. The summed E-state index contributed by atoms with van der Waals surface area (Å²) in [5.74, 6) is 3.47. The molecular weight excluding hydrogens is 390 g/mol. The Labute approximate surface area is 186 Å². The van der Waals surface area contributed by atoms with Crippen molar-refractivity contribution in [1.29, 1.82) is 0 Å². The molecule has 6 fully saturated rings. The standard InChI is InChI=1S/C26H37NO4/c1-27-11-2-12-28-24-5-3-20(4-6-24)21-7-9-25(10-8-21)29-26(31-30-25)22-14-18-13-19(16-22)17-23(26)15-18/h3-6,18-19,21-23,27H,2,7-17H2,1H3/t18?,19?,21-,22?,23?,25+,26-. The molecule has 5 aliphatic carbocycles. The van der Waals surface area contributed by atoms with Crippen LogP contribution in [-0.2, 0) is 14.5 Å². The fraction of sp³-hybridized carbons (Fsp3) is 0.769. The molecule has 4 bridgehead atoms. The van der Waals surface area contributed by atoms with E-state index in [1.54, 1.807) is 0 Å². The summed E-state index contributed by atoms with van der Waals surface area (Å²) in [6, 6.07) is 8.72. The van der Waals surface area contributed by atoms with Crippen molar-refractivity contribution in [3.63, 3.8) is 0 Å². The maximum Gasteiger partial charge on any atom is 0.210 e. The van der Waals surface area contributed by atoms with Gasteiger partial charge in [-0.15, -0.1) is 0 Å². The van der Waals surface area contributed by atoms with Crippen LogP contribution in [0.25, 0.3) is 0 Å². The Bertz CT molecular complexity index is 742. The maximum atomic E-state index is 6.85. The molecule has 5 nitrogen and oxygen atoms in total. The van der Waals surface area contributed by atoms with Gasteiger partial charge in [-0.3, -0.25) is 0 Å². The fourth-order valence-corrected chi connectivity index (χ4v) is 7.46. The normalized spacial score (nSPS) is 43.2. The molecular formula is C26H37NO4. The van der Waals surface area contributed by atoms with Crippen molar-refractivity contribution >= 4 is 0 Å². The van der Waals surface area contributed by atoms with Gasteiger partial charge < -0.3 is 14.8 Å². The van der Waals surface area contributed by atoms with E-state index in [4.69, 9.17) is 19.2 Å². The lowest BCUT2D eigenvalue weighted by molar-refractivity contribution is -0.390. The van der Waals surface area contributed by atoms with Crippen LogP contribution in [-0.4, -0.2) is 31.8 Å². The Morgan fingerprint density at radius 3 is 2.26 bits per heavy atom. The Kier molecular flexibility index (Phi) is 5.29. The third-order valence-corrected chi connectivity index (χ3v) is 8.88. The minimum atomic E-state index is -0.512. The first-order valence-corrected chi connectivity index (χ1v) is 12.6. The minimum Gasteiger partial charge on any atom is -0.494 e. The van der Waals surface area contributed by atoms with Gasteiger partial charge in [0.15, 0.2) is 0 Å². The number of nitrogens with one attached hydrogen (secondary N) is 1. The van der Waals surface area contributed by atoms with Gasteiger partial charge in [-0.1, -0.05) is 12.1 Å². The average molecular weight is 428 g/mol. The molecule has 6 aliphatic rings.